The maximum atomic E-state index is 12.4. The molecule has 1 amide bonds. The van der Waals surface area contributed by atoms with E-state index in [1.807, 2.05) is 30.3 Å². The molecule has 9 heteroatoms. The third kappa shape index (κ3) is 5.56. The predicted molar refractivity (Wildman–Crippen MR) is 122 cm³/mol. The number of ketones is 1. The van der Waals surface area contributed by atoms with E-state index in [1.165, 1.54) is 23.2 Å². The Morgan fingerprint density at radius 1 is 1.03 bits per heavy atom. The van der Waals surface area contributed by atoms with E-state index >= 15 is 0 Å². The monoisotopic (exact) mass is 466 g/mol. The van der Waals surface area contributed by atoms with Crippen molar-refractivity contribution >= 4 is 39.8 Å². The van der Waals surface area contributed by atoms with E-state index in [0.29, 0.717) is 46.8 Å². The number of Topliss-reactive ketones (excluding diaryl/α,β-unsaturated/α-hetero) is 1. The number of amides is 1. The van der Waals surface area contributed by atoms with E-state index in [0.717, 1.165) is 0 Å². The molecule has 170 valence electrons. The number of thiazole rings is 1. The van der Waals surface area contributed by atoms with Gasteiger partial charge in [-0.15, -0.1) is 11.3 Å². The van der Waals surface area contributed by atoms with E-state index in [-0.39, 0.29) is 31.1 Å². The third-order valence-electron chi connectivity index (χ3n) is 4.86. The molecule has 0 unspecified atom stereocenters. The number of esters is 1. The fourth-order valence-electron chi connectivity index (χ4n) is 3.27. The molecule has 2 aromatic carbocycles. The van der Waals surface area contributed by atoms with Crippen LogP contribution in [-0.4, -0.2) is 35.9 Å². The minimum Gasteiger partial charge on any atom is -0.486 e. The van der Waals surface area contributed by atoms with Gasteiger partial charge in [-0.1, -0.05) is 18.2 Å². The summed E-state index contributed by atoms with van der Waals surface area (Å²) in [7, 11) is 0. The Bertz CT molecular complexity index is 1160. The first-order valence-corrected chi connectivity index (χ1v) is 11.3. The molecule has 8 nitrogen and oxygen atoms in total. The average Bonchev–Trinajstić information content (AvgIpc) is 3.29. The predicted octanol–water partition coefficient (Wildman–Crippen LogP) is 4.31. The van der Waals surface area contributed by atoms with Gasteiger partial charge in [0.2, 0.25) is 5.91 Å². The van der Waals surface area contributed by atoms with Gasteiger partial charge < -0.3 is 14.2 Å². The van der Waals surface area contributed by atoms with E-state index < -0.39 is 5.97 Å². The lowest BCUT2D eigenvalue weighted by Gasteiger charge is -2.18. The molecular weight excluding hydrogens is 444 g/mol. The van der Waals surface area contributed by atoms with Gasteiger partial charge in [-0.25, -0.2) is 4.98 Å². The second kappa shape index (κ2) is 10.3. The molecule has 4 rings (SSSR count). The molecule has 0 atom stereocenters. The number of benzene rings is 2. The van der Waals surface area contributed by atoms with Crippen LogP contribution in [0.3, 0.4) is 0 Å². The van der Waals surface area contributed by atoms with Crippen molar-refractivity contribution in [2.75, 3.05) is 18.1 Å². The van der Waals surface area contributed by atoms with Crippen LogP contribution >= 0.6 is 11.3 Å². The van der Waals surface area contributed by atoms with Crippen molar-refractivity contribution < 1.29 is 28.6 Å². The molecule has 0 saturated heterocycles. The Balaban J connectivity index is 1.29. The van der Waals surface area contributed by atoms with Crippen molar-refractivity contribution in [2.24, 2.45) is 0 Å². The van der Waals surface area contributed by atoms with Crippen molar-refractivity contribution in [2.45, 2.75) is 26.4 Å². The van der Waals surface area contributed by atoms with Gasteiger partial charge >= 0.3 is 5.97 Å². The summed E-state index contributed by atoms with van der Waals surface area (Å²) >= 11 is 1.29. The highest BCUT2D eigenvalue weighted by molar-refractivity contribution is 7.14. The lowest BCUT2D eigenvalue weighted by atomic mass is 10.1. The summed E-state index contributed by atoms with van der Waals surface area (Å²) in [6.45, 7) is 2.34. The fraction of sp³-hybridized carbons (Fsp3) is 0.250. The van der Waals surface area contributed by atoms with Crippen molar-refractivity contribution in [3.63, 3.8) is 0 Å². The molecule has 1 aliphatic rings. The quantitative estimate of drug-likeness (QED) is 0.361. The molecule has 0 fully saturated rings. The second-order valence-corrected chi connectivity index (χ2v) is 8.09. The first-order valence-electron chi connectivity index (χ1n) is 10.4. The lowest BCUT2D eigenvalue weighted by Crippen LogP contribution is -2.22. The van der Waals surface area contributed by atoms with Crippen LogP contribution in [0.25, 0.3) is 0 Å². The summed E-state index contributed by atoms with van der Waals surface area (Å²) in [5.74, 6) is 0.290. The molecule has 1 aliphatic heterocycles. The van der Waals surface area contributed by atoms with Crippen molar-refractivity contribution in [1.82, 2.24) is 4.98 Å². The zero-order valence-corrected chi connectivity index (χ0v) is 18.8. The third-order valence-corrected chi connectivity index (χ3v) is 5.74. The minimum absolute atomic E-state index is 0.0207. The van der Waals surface area contributed by atoms with Crippen LogP contribution in [0.2, 0.25) is 0 Å². The van der Waals surface area contributed by atoms with Gasteiger partial charge in [0.05, 0.1) is 17.8 Å². The zero-order chi connectivity index (χ0) is 23.2. The number of ether oxygens (including phenoxy) is 3. The SMILES string of the molecule is CC(=O)N(c1ccccc1)c1nc(COC(=O)CCC(=O)c2ccc3c(c2)OCCO3)cs1. The molecule has 1 aromatic heterocycles. The highest BCUT2D eigenvalue weighted by Crippen LogP contribution is 2.31. The zero-order valence-electron chi connectivity index (χ0n) is 18.0. The Morgan fingerprint density at radius 2 is 1.79 bits per heavy atom. The smallest absolute Gasteiger partial charge is 0.306 e. The minimum atomic E-state index is -0.498. The molecule has 0 aliphatic carbocycles. The van der Waals surface area contributed by atoms with E-state index in [2.05, 4.69) is 4.98 Å². The average molecular weight is 467 g/mol. The summed E-state index contributed by atoms with van der Waals surface area (Å²) in [5, 5.41) is 2.23. The van der Waals surface area contributed by atoms with Gasteiger partial charge in [-0.3, -0.25) is 19.3 Å². The number of para-hydroxylation sites is 1. The summed E-state index contributed by atoms with van der Waals surface area (Å²) in [5.41, 5.74) is 1.70. The number of nitrogens with zero attached hydrogens (tertiary/aromatic N) is 2. The van der Waals surface area contributed by atoms with Gasteiger partial charge in [0.15, 0.2) is 22.4 Å². The van der Waals surface area contributed by atoms with Gasteiger partial charge in [-0.05, 0) is 30.3 Å². The summed E-state index contributed by atoms with van der Waals surface area (Å²) < 4.78 is 16.2. The highest BCUT2D eigenvalue weighted by Gasteiger charge is 2.19. The highest BCUT2D eigenvalue weighted by atomic mass is 32.1. The van der Waals surface area contributed by atoms with Gasteiger partial charge in [-0.2, -0.15) is 0 Å². The van der Waals surface area contributed by atoms with E-state index in [9.17, 15) is 14.4 Å². The molecular formula is C24H22N2O6S. The Morgan fingerprint density at radius 3 is 2.55 bits per heavy atom. The number of carbonyl (C=O) groups excluding carboxylic acids is 3. The van der Waals surface area contributed by atoms with Gasteiger partial charge in [0.1, 0.15) is 19.8 Å². The number of anilines is 2. The van der Waals surface area contributed by atoms with Crippen LogP contribution < -0.4 is 14.4 Å². The number of fused-ring (bicyclic) bond motifs is 1. The van der Waals surface area contributed by atoms with Crippen molar-refractivity contribution in [1.29, 1.82) is 0 Å². The number of aromatic nitrogens is 1. The molecule has 0 spiro atoms. The molecule has 0 saturated carbocycles. The largest absolute Gasteiger partial charge is 0.486 e. The van der Waals surface area contributed by atoms with Gasteiger partial charge in [0, 0.05) is 24.3 Å². The summed E-state index contributed by atoms with van der Waals surface area (Å²) in [4.78, 5) is 42.6. The Hall–Kier alpha value is -3.72. The number of carbonyl (C=O) groups is 3. The fourth-order valence-corrected chi connectivity index (χ4v) is 4.14. The number of rotatable bonds is 8. The molecule has 3 aromatic rings. The van der Waals surface area contributed by atoms with Crippen LogP contribution in [0.15, 0.2) is 53.9 Å². The van der Waals surface area contributed by atoms with E-state index in [4.69, 9.17) is 14.2 Å². The summed E-state index contributed by atoms with van der Waals surface area (Å²) in [6.07, 6.45) is -0.0270. The van der Waals surface area contributed by atoms with Crippen LogP contribution in [-0.2, 0) is 20.9 Å². The van der Waals surface area contributed by atoms with Crippen molar-refractivity contribution in [3.05, 3.63) is 65.2 Å². The van der Waals surface area contributed by atoms with E-state index in [1.54, 1.807) is 23.6 Å². The molecule has 2 heterocycles. The van der Waals surface area contributed by atoms with Gasteiger partial charge in [0.25, 0.3) is 0 Å². The summed E-state index contributed by atoms with van der Waals surface area (Å²) in [6, 6.07) is 14.2. The molecule has 0 bridgehead atoms. The number of hydrogen-bond acceptors (Lipinski definition) is 8. The maximum absolute atomic E-state index is 12.4. The normalized spacial score (nSPS) is 12.2. The molecule has 0 N–H and O–H groups in total. The standard InChI is InChI=1S/C24H22N2O6S/c1-16(27)26(19-5-3-2-4-6-19)24-25-18(15-33-24)14-32-23(29)10-8-20(28)17-7-9-21-22(13-17)31-12-11-30-21/h2-7,9,13,15H,8,10-12,14H2,1H3. The second-order valence-electron chi connectivity index (χ2n) is 7.25. The molecule has 0 radical (unpaired) electrons. The van der Waals surface area contributed by atoms with Crippen LogP contribution in [0.4, 0.5) is 10.8 Å². The Labute approximate surface area is 194 Å². The topological polar surface area (TPSA) is 95.0 Å². The van der Waals surface area contributed by atoms with Crippen LogP contribution in [0, 0.1) is 0 Å². The first-order chi connectivity index (χ1) is 16.0. The van der Waals surface area contributed by atoms with Crippen LogP contribution in [0.5, 0.6) is 11.5 Å². The Kier molecular flexibility index (Phi) is 6.99. The van der Waals surface area contributed by atoms with Crippen LogP contribution in [0.1, 0.15) is 35.8 Å². The number of hydrogen-bond donors (Lipinski definition) is 0. The first kappa shape index (κ1) is 22.5. The lowest BCUT2D eigenvalue weighted by molar-refractivity contribution is -0.145. The van der Waals surface area contributed by atoms with Crippen molar-refractivity contribution in [3.8, 4) is 11.5 Å². The maximum Gasteiger partial charge on any atom is 0.306 e. The molecule has 33 heavy (non-hydrogen) atoms.